The van der Waals surface area contributed by atoms with E-state index in [1.165, 1.54) is 4.90 Å². The lowest BCUT2D eigenvalue weighted by atomic mass is 10.1. The van der Waals surface area contributed by atoms with Gasteiger partial charge in [-0.2, -0.15) is 5.10 Å². The standard InChI is InChI=1S/C21H19N3O3/c1-14-18(12-24-19(25)16-10-6-7-11-17(16)20(24)26)21(23(2)22-14)27-13-15-8-4-3-5-9-15/h3-11H,12-13H2,1-2H3. The van der Waals surface area contributed by atoms with Crippen LogP contribution in [0.3, 0.4) is 0 Å². The Morgan fingerprint density at radius 3 is 2.15 bits per heavy atom. The lowest BCUT2D eigenvalue weighted by Gasteiger charge is -2.15. The number of hydrogen-bond donors (Lipinski definition) is 0. The van der Waals surface area contributed by atoms with E-state index < -0.39 is 0 Å². The number of imide groups is 1. The Hall–Kier alpha value is -3.41. The first kappa shape index (κ1) is 17.0. The van der Waals surface area contributed by atoms with Crippen LogP contribution < -0.4 is 4.74 Å². The van der Waals surface area contributed by atoms with Gasteiger partial charge in [0.25, 0.3) is 11.8 Å². The minimum absolute atomic E-state index is 0.135. The minimum Gasteiger partial charge on any atom is -0.473 e. The van der Waals surface area contributed by atoms with Crippen LogP contribution in [0.25, 0.3) is 0 Å². The van der Waals surface area contributed by atoms with Gasteiger partial charge in [0.05, 0.1) is 28.9 Å². The molecule has 0 saturated carbocycles. The van der Waals surface area contributed by atoms with E-state index in [1.54, 1.807) is 36.0 Å². The molecule has 0 N–H and O–H groups in total. The lowest BCUT2D eigenvalue weighted by Crippen LogP contribution is -2.29. The monoisotopic (exact) mass is 361 g/mol. The number of benzene rings is 2. The molecule has 6 heteroatoms. The van der Waals surface area contributed by atoms with Crippen LogP contribution in [0.2, 0.25) is 0 Å². The van der Waals surface area contributed by atoms with Crippen LogP contribution in [-0.4, -0.2) is 26.5 Å². The Kier molecular flexibility index (Phi) is 4.24. The number of aryl methyl sites for hydroxylation is 2. The zero-order chi connectivity index (χ0) is 19.0. The normalized spacial score (nSPS) is 13.2. The number of ether oxygens (including phenoxy) is 1. The van der Waals surface area contributed by atoms with Gasteiger partial charge in [-0.05, 0) is 24.6 Å². The predicted octanol–water partition coefficient (Wildman–Crippen LogP) is 3.10. The molecule has 0 aliphatic carbocycles. The van der Waals surface area contributed by atoms with Gasteiger partial charge in [0, 0.05) is 7.05 Å². The first-order chi connectivity index (χ1) is 13.1. The molecule has 0 atom stereocenters. The van der Waals surface area contributed by atoms with Gasteiger partial charge in [-0.15, -0.1) is 0 Å². The smallest absolute Gasteiger partial charge is 0.261 e. The van der Waals surface area contributed by atoms with E-state index in [9.17, 15) is 9.59 Å². The van der Waals surface area contributed by atoms with E-state index in [0.29, 0.717) is 23.6 Å². The molecule has 1 aliphatic rings. The molecule has 1 aromatic heterocycles. The van der Waals surface area contributed by atoms with Crippen LogP contribution in [-0.2, 0) is 20.2 Å². The van der Waals surface area contributed by atoms with Gasteiger partial charge in [0.15, 0.2) is 0 Å². The van der Waals surface area contributed by atoms with Crippen molar-refractivity contribution in [3.8, 4) is 5.88 Å². The molecule has 0 spiro atoms. The molecule has 27 heavy (non-hydrogen) atoms. The summed E-state index contributed by atoms with van der Waals surface area (Å²) in [6.45, 7) is 2.37. The highest BCUT2D eigenvalue weighted by Gasteiger charge is 2.36. The maximum Gasteiger partial charge on any atom is 0.261 e. The van der Waals surface area contributed by atoms with Gasteiger partial charge in [-0.3, -0.25) is 14.5 Å². The predicted molar refractivity (Wildman–Crippen MR) is 99.4 cm³/mol. The minimum atomic E-state index is -0.284. The number of nitrogens with zero attached hydrogens (tertiary/aromatic N) is 3. The van der Waals surface area contributed by atoms with Crippen molar-refractivity contribution in [2.24, 2.45) is 7.05 Å². The highest BCUT2D eigenvalue weighted by atomic mass is 16.5. The zero-order valence-electron chi connectivity index (χ0n) is 15.2. The van der Waals surface area contributed by atoms with Crippen molar-refractivity contribution in [3.63, 3.8) is 0 Å². The summed E-state index contributed by atoms with van der Waals surface area (Å²) in [5.41, 5.74) is 3.38. The number of carbonyl (C=O) groups is 2. The third-order valence-electron chi connectivity index (χ3n) is 4.70. The first-order valence-electron chi connectivity index (χ1n) is 8.70. The van der Waals surface area contributed by atoms with Crippen molar-refractivity contribution < 1.29 is 14.3 Å². The Labute approximate surface area is 157 Å². The molecular weight excluding hydrogens is 342 g/mol. The van der Waals surface area contributed by atoms with Crippen LogP contribution >= 0.6 is 0 Å². The second kappa shape index (κ2) is 6.72. The van der Waals surface area contributed by atoms with Gasteiger partial charge in [-0.1, -0.05) is 42.5 Å². The van der Waals surface area contributed by atoms with Gasteiger partial charge in [0.2, 0.25) is 5.88 Å². The molecule has 2 aromatic carbocycles. The van der Waals surface area contributed by atoms with Crippen LogP contribution in [0.5, 0.6) is 5.88 Å². The number of aromatic nitrogens is 2. The lowest BCUT2D eigenvalue weighted by molar-refractivity contribution is 0.0640. The van der Waals surface area contributed by atoms with Crippen LogP contribution in [0, 0.1) is 6.92 Å². The van der Waals surface area contributed by atoms with Crippen molar-refractivity contribution in [3.05, 3.63) is 82.5 Å². The molecule has 0 fully saturated rings. The van der Waals surface area contributed by atoms with Gasteiger partial charge in [-0.25, -0.2) is 4.68 Å². The second-order valence-corrected chi connectivity index (χ2v) is 6.51. The van der Waals surface area contributed by atoms with Crippen molar-refractivity contribution in [2.75, 3.05) is 0 Å². The molecule has 3 aromatic rings. The van der Waals surface area contributed by atoms with E-state index in [2.05, 4.69) is 5.10 Å². The van der Waals surface area contributed by atoms with Crippen molar-refractivity contribution in [1.82, 2.24) is 14.7 Å². The topological polar surface area (TPSA) is 64.4 Å². The van der Waals surface area contributed by atoms with Crippen LogP contribution in [0.1, 0.15) is 37.5 Å². The summed E-state index contributed by atoms with van der Waals surface area (Å²) in [7, 11) is 1.79. The van der Waals surface area contributed by atoms with Crippen molar-refractivity contribution in [2.45, 2.75) is 20.1 Å². The fourth-order valence-corrected chi connectivity index (χ4v) is 3.31. The largest absolute Gasteiger partial charge is 0.473 e. The average molecular weight is 361 g/mol. The third-order valence-corrected chi connectivity index (χ3v) is 4.70. The number of carbonyl (C=O) groups excluding carboxylic acids is 2. The molecule has 2 amide bonds. The molecule has 0 bridgehead atoms. The molecule has 4 rings (SSSR count). The Morgan fingerprint density at radius 2 is 1.52 bits per heavy atom. The third kappa shape index (κ3) is 2.99. The maximum absolute atomic E-state index is 12.7. The Morgan fingerprint density at radius 1 is 0.926 bits per heavy atom. The first-order valence-corrected chi connectivity index (χ1v) is 8.70. The fraction of sp³-hybridized carbons (Fsp3) is 0.190. The molecule has 2 heterocycles. The molecule has 136 valence electrons. The molecule has 0 saturated heterocycles. The van der Waals surface area contributed by atoms with Crippen molar-refractivity contribution in [1.29, 1.82) is 0 Å². The fourth-order valence-electron chi connectivity index (χ4n) is 3.31. The number of hydrogen-bond acceptors (Lipinski definition) is 4. The highest BCUT2D eigenvalue weighted by Crippen LogP contribution is 2.29. The molecule has 0 radical (unpaired) electrons. The summed E-state index contributed by atoms with van der Waals surface area (Å²) in [5.74, 6) is -0.00589. The SMILES string of the molecule is Cc1nn(C)c(OCc2ccccc2)c1CN1C(=O)c2ccccc2C1=O. The van der Waals surface area contributed by atoms with Gasteiger partial charge >= 0.3 is 0 Å². The Balaban J connectivity index is 1.60. The van der Waals surface area contributed by atoms with E-state index in [-0.39, 0.29) is 18.4 Å². The van der Waals surface area contributed by atoms with E-state index in [1.807, 2.05) is 37.3 Å². The number of fused-ring (bicyclic) bond motifs is 1. The highest BCUT2D eigenvalue weighted by molar-refractivity contribution is 6.21. The van der Waals surface area contributed by atoms with Gasteiger partial charge < -0.3 is 4.74 Å². The molecule has 0 unspecified atom stereocenters. The van der Waals surface area contributed by atoms with Crippen LogP contribution in [0.4, 0.5) is 0 Å². The molecule has 1 aliphatic heterocycles. The summed E-state index contributed by atoms with van der Waals surface area (Å²) in [6.07, 6.45) is 0. The Bertz CT molecular complexity index is 989. The maximum atomic E-state index is 12.7. The summed E-state index contributed by atoms with van der Waals surface area (Å²) in [4.78, 5) is 26.6. The summed E-state index contributed by atoms with van der Waals surface area (Å²) in [5, 5.41) is 4.41. The van der Waals surface area contributed by atoms with Crippen molar-refractivity contribution >= 4 is 11.8 Å². The van der Waals surface area contributed by atoms with E-state index in [4.69, 9.17) is 4.74 Å². The van der Waals surface area contributed by atoms with Crippen LogP contribution in [0.15, 0.2) is 54.6 Å². The zero-order valence-corrected chi connectivity index (χ0v) is 15.2. The second-order valence-electron chi connectivity index (χ2n) is 6.51. The average Bonchev–Trinajstić information content (AvgIpc) is 3.09. The molecular formula is C21H19N3O3. The summed E-state index contributed by atoms with van der Waals surface area (Å²) >= 11 is 0. The number of rotatable bonds is 5. The quantitative estimate of drug-likeness (QED) is 0.655. The summed E-state index contributed by atoms with van der Waals surface area (Å²) in [6, 6.07) is 16.7. The van der Waals surface area contributed by atoms with Gasteiger partial charge in [0.1, 0.15) is 6.61 Å². The van der Waals surface area contributed by atoms with E-state index in [0.717, 1.165) is 16.8 Å². The molecule has 6 nitrogen and oxygen atoms in total. The summed E-state index contributed by atoms with van der Waals surface area (Å²) < 4.78 is 7.63. The number of amides is 2. The van der Waals surface area contributed by atoms with E-state index >= 15 is 0 Å².